The molecule has 0 amide bonds. The predicted octanol–water partition coefficient (Wildman–Crippen LogP) is 3.96. The van der Waals surface area contributed by atoms with Crippen LogP contribution in [0.25, 0.3) is 5.69 Å². The number of hydrogen-bond acceptors (Lipinski definition) is 6. The van der Waals surface area contributed by atoms with Crippen LogP contribution < -0.4 is 10.5 Å². The molecule has 0 atom stereocenters. The maximum absolute atomic E-state index is 13.5. The van der Waals surface area contributed by atoms with Crippen molar-refractivity contribution in [2.24, 2.45) is 10.7 Å². The molecule has 3 rings (SSSR count). The van der Waals surface area contributed by atoms with Crippen molar-refractivity contribution in [1.82, 2.24) is 20.0 Å². The van der Waals surface area contributed by atoms with E-state index in [4.69, 9.17) is 10.5 Å². The van der Waals surface area contributed by atoms with Crippen molar-refractivity contribution in [3.63, 3.8) is 0 Å². The molecule has 30 heavy (non-hydrogen) atoms. The Morgan fingerprint density at radius 1 is 1.23 bits per heavy atom. The number of rotatable bonds is 6. The van der Waals surface area contributed by atoms with E-state index < -0.39 is 17.8 Å². The summed E-state index contributed by atoms with van der Waals surface area (Å²) in [6.07, 6.45) is -0.933. The zero-order chi connectivity index (χ0) is 21.7. The molecule has 11 heteroatoms. The number of allylic oxidation sites excluding steroid dienone is 2. The summed E-state index contributed by atoms with van der Waals surface area (Å²) in [7, 11) is 0. The lowest BCUT2D eigenvalue weighted by molar-refractivity contribution is -0.0925. The van der Waals surface area contributed by atoms with Gasteiger partial charge in [0.1, 0.15) is 17.1 Å². The standard InChI is InChI=1S/C19H16F4N6O/c1-12(9-17(24)19(21,22)23)26-10-13-11-29(28-27-13)14-4-6-15(7-5-14)30-16-3-2-8-25-18(16)20/h2-9,11H,10,24H2,1H3. The monoisotopic (exact) mass is 420 g/mol. The second kappa shape index (κ2) is 8.72. The second-order valence-electron chi connectivity index (χ2n) is 6.10. The number of nitrogens with two attached hydrogens (primary N) is 1. The molecule has 2 N–H and O–H groups in total. The van der Waals surface area contributed by atoms with Crippen molar-refractivity contribution in [2.75, 3.05) is 0 Å². The molecule has 3 aromatic rings. The summed E-state index contributed by atoms with van der Waals surface area (Å²) in [6, 6.07) is 9.63. The highest BCUT2D eigenvalue weighted by Crippen LogP contribution is 2.24. The van der Waals surface area contributed by atoms with Crippen LogP contribution in [0.2, 0.25) is 0 Å². The number of alkyl halides is 3. The minimum Gasteiger partial charge on any atom is -0.453 e. The first-order valence-electron chi connectivity index (χ1n) is 8.58. The Morgan fingerprint density at radius 3 is 2.63 bits per heavy atom. The van der Waals surface area contributed by atoms with Crippen LogP contribution in [0.4, 0.5) is 17.6 Å². The molecule has 0 saturated carbocycles. The minimum atomic E-state index is -4.60. The van der Waals surface area contributed by atoms with Gasteiger partial charge >= 0.3 is 6.18 Å². The van der Waals surface area contributed by atoms with Crippen molar-refractivity contribution in [3.8, 4) is 17.2 Å². The Hall–Kier alpha value is -3.76. The highest BCUT2D eigenvalue weighted by atomic mass is 19.4. The minimum absolute atomic E-state index is 0.00160. The second-order valence-corrected chi connectivity index (χ2v) is 6.10. The summed E-state index contributed by atoms with van der Waals surface area (Å²) in [5, 5.41) is 7.90. The van der Waals surface area contributed by atoms with E-state index in [1.54, 1.807) is 36.5 Å². The van der Waals surface area contributed by atoms with Gasteiger partial charge in [-0.3, -0.25) is 4.99 Å². The summed E-state index contributed by atoms with van der Waals surface area (Å²) < 4.78 is 57.7. The Balaban J connectivity index is 1.66. The number of nitrogens with zero attached hydrogens (tertiary/aromatic N) is 5. The molecule has 0 aliphatic heterocycles. The number of aliphatic imine (C=N–C) groups is 1. The quantitative estimate of drug-likeness (QED) is 0.370. The molecule has 0 radical (unpaired) electrons. The van der Waals surface area contributed by atoms with Gasteiger partial charge in [0.05, 0.1) is 18.4 Å². The van der Waals surface area contributed by atoms with Crippen LogP contribution in [0.1, 0.15) is 12.6 Å². The SMILES string of the molecule is CC(C=C(N)C(F)(F)F)=NCc1cn(-c2ccc(Oc3cccnc3F)cc2)nn1. The summed E-state index contributed by atoms with van der Waals surface area (Å²) in [4.78, 5) is 7.52. The van der Waals surface area contributed by atoms with E-state index in [1.807, 2.05) is 0 Å². The van der Waals surface area contributed by atoms with Gasteiger partial charge in [-0.05, 0) is 49.4 Å². The van der Waals surface area contributed by atoms with Gasteiger partial charge in [0.15, 0.2) is 5.75 Å². The van der Waals surface area contributed by atoms with Gasteiger partial charge in [0.25, 0.3) is 5.95 Å². The molecule has 7 nitrogen and oxygen atoms in total. The molecule has 1 aromatic carbocycles. The Kier molecular flexibility index (Phi) is 6.09. The molecule has 0 saturated heterocycles. The highest BCUT2D eigenvalue weighted by molar-refractivity contribution is 5.93. The van der Waals surface area contributed by atoms with E-state index >= 15 is 0 Å². The molecule has 0 aliphatic rings. The largest absolute Gasteiger partial charge is 0.453 e. The molecule has 156 valence electrons. The molecule has 0 aliphatic carbocycles. The first kappa shape index (κ1) is 21.0. The van der Waals surface area contributed by atoms with Crippen LogP contribution in [0.3, 0.4) is 0 Å². The van der Waals surface area contributed by atoms with Crippen molar-refractivity contribution in [3.05, 3.63) is 72.2 Å². The predicted molar refractivity (Wildman–Crippen MR) is 101 cm³/mol. The number of ether oxygens (including phenoxy) is 1. The fraction of sp³-hybridized carbons (Fsp3) is 0.158. The van der Waals surface area contributed by atoms with Gasteiger partial charge in [-0.25, -0.2) is 9.67 Å². The first-order chi connectivity index (χ1) is 14.2. The van der Waals surface area contributed by atoms with Gasteiger partial charge in [-0.15, -0.1) is 5.10 Å². The number of aromatic nitrogens is 4. The lowest BCUT2D eigenvalue weighted by atomic mass is 10.3. The number of halogens is 4. The van der Waals surface area contributed by atoms with Crippen LogP contribution in [0.5, 0.6) is 11.5 Å². The van der Waals surface area contributed by atoms with Crippen LogP contribution in [0, 0.1) is 5.95 Å². The van der Waals surface area contributed by atoms with Crippen LogP contribution in [0.15, 0.2) is 65.6 Å². The van der Waals surface area contributed by atoms with Gasteiger partial charge in [0, 0.05) is 11.9 Å². The molecule has 0 bridgehead atoms. The number of pyridine rings is 1. The lowest BCUT2D eigenvalue weighted by Crippen LogP contribution is -2.20. The summed E-state index contributed by atoms with van der Waals surface area (Å²) >= 11 is 0. The number of benzene rings is 1. The van der Waals surface area contributed by atoms with Crippen molar-refractivity contribution >= 4 is 5.71 Å². The fourth-order valence-electron chi connectivity index (χ4n) is 2.30. The smallest absolute Gasteiger partial charge is 0.430 e. The van der Waals surface area contributed by atoms with E-state index in [2.05, 4.69) is 20.3 Å². The molecular formula is C19H16F4N6O. The summed E-state index contributed by atoms with van der Waals surface area (Å²) in [5.74, 6) is -0.313. The van der Waals surface area contributed by atoms with Gasteiger partial charge in [0.2, 0.25) is 0 Å². The molecule has 0 unspecified atom stereocenters. The zero-order valence-electron chi connectivity index (χ0n) is 15.6. The van der Waals surface area contributed by atoms with Gasteiger partial charge in [-0.2, -0.15) is 17.6 Å². The van der Waals surface area contributed by atoms with E-state index in [1.165, 1.54) is 23.9 Å². The zero-order valence-corrected chi connectivity index (χ0v) is 15.6. The van der Waals surface area contributed by atoms with Crippen molar-refractivity contribution in [1.29, 1.82) is 0 Å². The molecular weight excluding hydrogens is 404 g/mol. The number of hydrogen-bond donors (Lipinski definition) is 1. The maximum Gasteiger partial charge on any atom is 0.430 e. The van der Waals surface area contributed by atoms with E-state index in [-0.39, 0.29) is 18.0 Å². The summed E-state index contributed by atoms with van der Waals surface area (Å²) in [6.45, 7) is 1.45. The average molecular weight is 420 g/mol. The van der Waals surface area contributed by atoms with Crippen LogP contribution in [-0.2, 0) is 6.54 Å². The van der Waals surface area contributed by atoms with E-state index in [0.717, 1.165) is 6.08 Å². The van der Waals surface area contributed by atoms with Gasteiger partial charge in [-0.1, -0.05) is 5.21 Å². The van der Waals surface area contributed by atoms with Gasteiger partial charge < -0.3 is 10.5 Å². The molecule has 2 aromatic heterocycles. The Bertz CT molecular complexity index is 1070. The van der Waals surface area contributed by atoms with Crippen LogP contribution in [-0.4, -0.2) is 31.9 Å². The average Bonchev–Trinajstić information content (AvgIpc) is 3.17. The molecule has 2 heterocycles. The summed E-state index contributed by atoms with van der Waals surface area (Å²) in [5.41, 5.74) is 4.95. The fourth-order valence-corrected chi connectivity index (χ4v) is 2.30. The van der Waals surface area contributed by atoms with Crippen molar-refractivity contribution in [2.45, 2.75) is 19.6 Å². The Morgan fingerprint density at radius 2 is 1.97 bits per heavy atom. The third-order valence-corrected chi connectivity index (χ3v) is 3.78. The van der Waals surface area contributed by atoms with E-state index in [9.17, 15) is 17.6 Å². The third-order valence-electron chi connectivity index (χ3n) is 3.78. The van der Waals surface area contributed by atoms with Crippen molar-refractivity contribution < 1.29 is 22.3 Å². The van der Waals surface area contributed by atoms with E-state index in [0.29, 0.717) is 17.1 Å². The lowest BCUT2D eigenvalue weighted by Gasteiger charge is -2.06. The van der Waals surface area contributed by atoms with Crippen LogP contribution >= 0.6 is 0 Å². The maximum atomic E-state index is 13.5. The first-order valence-corrected chi connectivity index (χ1v) is 8.58. The molecule has 0 fully saturated rings. The normalized spacial score (nSPS) is 12.8. The third kappa shape index (κ3) is 5.40. The molecule has 0 spiro atoms. The topological polar surface area (TPSA) is 91.2 Å². The Labute approximate surface area is 168 Å². The highest BCUT2D eigenvalue weighted by Gasteiger charge is 2.31.